The fourth-order valence-corrected chi connectivity index (χ4v) is 2.92. The van der Waals surface area contributed by atoms with Crippen molar-refractivity contribution in [3.8, 4) is 0 Å². The second-order valence-corrected chi connectivity index (χ2v) is 6.57. The van der Waals surface area contributed by atoms with Gasteiger partial charge in [-0.1, -0.05) is 29.8 Å². The number of hydrogen-bond acceptors (Lipinski definition) is 2. The Balaban J connectivity index is 2.68. The number of imidazole rings is 1. The van der Waals surface area contributed by atoms with Crippen LogP contribution in [0.1, 0.15) is 45.5 Å². The van der Waals surface area contributed by atoms with Crippen molar-refractivity contribution in [3.05, 3.63) is 28.5 Å². The summed E-state index contributed by atoms with van der Waals surface area (Å²) < 4.78 is 3.38. The molecule has 2 aromatic rings. The highest BCUT2D eigenvalue weighted by Crippen LogP contribution is 2.30. The summed E-state index contributed by atoms with van der Waals surface area (Å²) in [6.45, 7) is 9.44. The van der Waals surface area contributed by atoms with E-state index in [2.05, 4.69) is 66.4 Å². The lowest BCUT2D eigenvalue weighted by Crippen LogP contribution is -2.22. The molecule has 0 amide bonds. The number of hydrogen-bond donors (Lipinski definition) is 1. The molecule has 0 fully saturated rings. The molecular formula is C15H22BrN3. The third-order valence-corrected chi connectivity index (χ3v) is 4.08. The normalized spacial score (nSPS) is 13.7. The van der Waals surface area contributed by atoms with Gasteiger partial charge in [0.1, 0.15) is 5.82 Å². The van der Waals surface area contributed by atoms with Gasteiger partial charge in [-0.25, -0.2) is 4.98 Å². The SMILES string of the molecule is CC(C)C(CN)c1nc2cc(Br)ccc2n1C(C)C. The van der Waals surface area contributed by atoms with Crippen molar-refractivity contribution in [2.45, 2.75) is 39.7 Å². The second kappa shape index (κ2) is 5.63. The van der Waals surface area contributed by atoms with E-state index in [0.29, 0.717) is 24.4 Å². The highest BCUT2D eigenvalue weighted by molar-refractivity contribution is 9.10. The summed E-state index contributed by atoms with van der Waals surface area (Å²) in [5, 5.41) is 0. The second-order valence-electron chi connectivity index (χ2n) is 5.65. The van der Waals surface area contributed by atoms with Gasteiger partial charge in [0.2, 0.25) is 0 Å². The maximum atomic E-state index is 5.96. The maximum Gasteiger partial charge on any atom is 0.114 e. The molecule has 19 heavy (non-hydrogen) atoms. The van der Waals surface area contributed by atoms with Gasteiger partial charge < -0.3 is 10.3 Å². The van der Waals surface area contributed by atoms with Gasteiger partial charge in [-0.15, -0.1) is 0 Å². The van der Waals surface area contributed by atoms with Crippen LogP contribution in [-0.2, 0) is 0 Å². The number of nitrogens with zero attached hydrogens (tertiary/aromatic N) is 2. The molecule has 0 saturated heterocycles. The topological polar surface area (TPSA) is 43.8 Å². The van der Waals surface area contributed by atoms with E-state index in [1.807, 2.05) is 0 Å². The molecule has 1 atom stereocenters. The Morgan fingerprint density at radius 2 is 1.95 bits per heavy atom. The minimum absolute atomic E-state index is 0.300. The van der Waals surface area contributed by atoms with Gasteiger partial charge in [0.05, 0.1) is 11.0 Å². The maximum absolute atomic E-state index is 5.96. The Morgan fingerprint density at radius 3 is 2.47 bits per heavy atom. The van der Waals surface area contributed by atoms with Crippen LogP contribution in [0.25, 0.3) is 11.0 Å². The molecule has 1 aromatic carbocycles. The van der Waals surface area contributed by atoms with Crippen LogP contribution >= 0.6 is 15.9 Å². The number of halogens is 1. The Kier molecular flexibility index (Phi) is 4.31. The molecule has 1 aromatic heterocycles. The lowest BCUT2D eigenvalue weighted by atomic mass is 9.95. The van der Waals surface area contributed by atoms with Crippen LogP contribution in [0.4, 0.5) is 0 Å². The van der Waals surface area contributed by atoms with Gasteiger partial charge in [0.25, 0.3) is 0 Å². The highest BCUT2D eigenvalue weighted by Gasteiger charge is 2.23. The van der Waals surface area contributed by atoms with Crippen molar-refractivity contribution in [1.29, 1.82) is 0 Å². The van der Waals surface area contributed by atoms with Gasteiger partial charge in [-0.2, -0.15) is 0 Å². The fourth-order valence-electron chi connectivity index (χ4n) is 2.57. The molecule has 104 valence electrons. The van der Waals surface area contributed by atoms with Crippen LogP contribution in [-0.4, -0.2) is 16.1 Å². The van der Waals surface area contributed by atoms with Crippen molar-refractivity contribution in [1.82, 2.24) is 9.55 Å². The predicted octanol–water partition coefficient (Wildman–Crippen LogP) is 4.08. The molecule has 0 bridgehead atoms. The van der Waals surface area contributed by atoms with E-state index in [0.717, 1.165) is 15.8 Å². The van der Waals surface area contributed by atoms with E-state index in [-0.39, 0.29) is 0 Å². The predicted molar refractivity (Wildman–Crippen MR) is 84.5 cm³/mol. The molecule has 0 radical (unpaired) electrons. The molecule has 1 heterocycles. The summed E-state index contributed by atoms with van der Waals surface area (Å²) in [5.74, 6) is 1.90. The average Bonchev–Trinajstić information content (AvgIpc) is 2.67. The van der Waals surface area contributed by atoms with Crippen molar-refractivity contribution < 1.29 is 0 Å². The van der Waals surface area contributed by atoms with E-state index in [4.69, 9.17) is 10.7 Å². The lowest BCUT2D eigenvalue weighted by molar-refractivity contribution is 0.449. The summed E-state index contributed by atoms with van der Waals surface area (Å²) in [4.78, 5) is 4.84. The van der Waals surface area contributed by atoms with Crippen molar-refractivity contribution in [3.63, 3.8) is 0 Å². The highest BCUT2D eigenvalue weighted by atomic mass is 79.9. The van der Waals surface area contributed by atoms with Crippen LogP contribution in [0.5, 0.6) is 0 Å². The molecule has 0 aliphatic carbocycles. The minimum Gasteiger partial charge on any atom is -0.330 e. The molecule has 1 unspecified atom stereocenters. The minimum atomic E-state index is 0.300. The van der Waals surface area contributed by atoms with Gasteiger partial charge >= 0.3 is 0 Å². The summed E-state index contributed by atoms with van der Waals surface area (Å²) >= 11 is 3.51. The van der Waals surface area contributed by atoms with Crippen molar-refractivity contribution in [2.24, 2.45) is 11.7 Å². The Bertz CT molecular complexity index is 572. The van der Waals surface area contributed by atoms with Crippen LogP contribution in [0, 0.1) is 5.92 Å². The number of fused-ring (bicyclic) bond motifs is 1. The number of benzene rings is 1. The molecule has 0 aliphatic rings. The molecule has 0 spiro atoms. The summed E-state index contributed by atoms with van der Waals surface area (Å²) in [7, 11) is 0. The van der Waals surface area contributed by atoms with Crippen LogP contribution in [0.2, 0.25) is 0 Å². The first-order valence-electron chi connectivity index (χ1n) is 6.83. The van der Waals surface area contributed by atoms with E-state index < -0.39 is 0 Å². The van der Waals surface area contributed by atoms with E-state index in [1.165, 1.54) is 5.52 Å². The Morgan fingerprint density at radius 1 is 1.26 bits per heavy atom. The zero-order valence-electron chi connectivity index (χ0n) is 12.0. The Hall–Kier alpha value is -0.870. The van der Waals surface area contributed by atoms with Gasteiger partial charge in [0, 0.05) is 23.0 Å². The standard InChI is InChI=1S/C15H22BrN3/c1-9(2)12(8-17)15-18-13-7-11(16)5-6-14(13)19(15)10(3)4/h5-7,9-10,12H,8,17H2,1-4H3. The molecule has 2 N–H and O–H groups in total. The van der Waals surface area contributed by atoms with Crippen LogP contribution in [0.3, 0.4) is 0 Å². The van der Waals surface area contributed by atoms with E-state index in [1.54, 1.807) is 0 Å². The first kappa shape index (κ1) is 14.5. The van der Waals surface area contributed by atoms with Crippen LogP contribution in [0.15, 0.2) is 22.7 Å². The summed E-state index contributed by atoms with van der Waals surface area (Å²) in [6.07, 6.45) is 0. The third-order valence-electron chi connectivity index (χ3n) is 3.59. The van der Waals surface area contributed by atoms with Crippen LogP contribution < -0.4 is 5.73 Å². The first-order chi connectivity index (χ1) is 8.95. The largest absolute Gasteiger partial charge is 0.330 e. The third kappa shape index (κ3) is 2.70. The average molecular weight is 324 g/mol. The summed E-state index contributed by atoms with van der Waals surface area (Å²) in [6, 6.07) is 6.66. The molecule has 2 rings (SSSR count). The fraction of sp³-hybridized carbons (Fsp3) is 0.533. The zero-order valence-corrected chi connectivity index (χ0v) is 13.6. The van der Waals surface area contributed by atoms with Gasteiger partial charge in [-0.3, -0.25) is 0 Å². The molecule has 4 heteroatoms. The number of aromatic nitrogens is 2. The molecule has 0 saturated carbocycles. The lowest BCUT2D eigenvalue weighted by Gasteiger charge is -2.22. The number of rotatable bonds is 4. The van der Waals surface area contributed by atoms with Crippen molar-refractivity contribution in [2.75, 3.05) is 6.54 Å². The zero-order chi connectivity index (χ0) is 14.2. The van der Waals surface area contributed by atoms with Crippen molar-refractivity contribution >= 4 is 27.0 Å². The first-order valence-corrected chi connectivity index (χ1v) is 7.62. The summed E-state index contributed by atoms with van der Waals surface area (Å²) in [5.41, 5.74) is 8.19. The van der Waals surface area contributed by atoms with Gasteiger partial charge in [-0.05, 0) is 38.0 Å². The van der Waals surface area contributed by atoms with Gasteiger partial charge in [0.15, 0.2) is 0 Å². The molecule has 0 aliphatic heterocycles. The Labute approximate surface area is 123 Å². The van der Waals surface area contributed by atoms with E-state index in [9.17, 15) is 0 Å². The van der Waals surface area contributed by atoms with E-state index >= 15 is 0 Å². The number of nitrogens with two attached hydrogens (primary N) is 1. The quantitative estimate of drug-likeness (QED) is 0.921. The molecule has 3 nitrogen and oxygen atoms in total. The molecular weight excluding hydrogens is 302 g/mol. The smallest absolute Gasteiger partial charge is 0.114 e. The monoisotopic (exact) mass is 323 g/mol.